The van der Waals surface area contributed by atoms with E-state index in [1.165, 1.54) is 0 Å². The first-order valence-electron chi connectivity index (χ1n) is 1.57. The third-order valence-electron chi connectivity index (χ3n) is 0. The van der Waals surface area contributed by atoms with Gasteiger partial charge in [0.15, 0.2) is 0 Å². The molecule has 0 aromatic carbocycles. The van der Waals surface area contributed by atoms with Crippen LogP contribution in [-0.4, -0.2) is 20.4 Å². The maximum atomic E-state index is 8.00. The molecule has 0 aliphatic rings. The second-order valence-corrected chi connectivity index (χ2v) is 0.250. The van der Waals surface area contributed by atoms with Gasteiger partial charge in [0.25, 0.3) is 0 Å². The molecule has 3 nitrogen and oxygen atoms in total. The summed E-state index contributed by atoms with van der Waals surface area (Å²) in [7, 11) is 0. The zero-order valence-corrected chi connectivity index (χ0v) is 6.94. The van der Waals surface area contributed by atoms with Crippen molar-refractivity contribution in [3.05, 3.63) is 18.9 Å². The smallest absolute Gasteiger partial charge is 0.106 e. The van der Waals surface area contributed by atoms with Crippen LogP contribution in [0.25, 0.3) is 0 Å². The molecule has 0 aromatic rings. The van der Waals surface area contributed by atoms with E-state index in [9.17, 15) is 0 Å². The van der Waals surface area contributed by atoms with Gasteiger partial charge in [0.1, 0.15) is 20.4 Å². The summed E-state index contributed by atoms with van der Waals surface area (Å²) in [4.78, 5) is 24.0. The second kappa shape index (κ2) is 103000. The monoisotopic (exact) mass is 182 g/mol. The molecule has 0 radical (unpaired) electrons. The van der Waals surface area contributed by atoms with Crippen molar-refractivity contribution in [1.82, 2.24) is 0 Å². The van der Waals surface area contributed by atoms with Gasteiger partial charge in [-0.15, -0.1) is 5.73 Å². The SMILES string of the molecule is C=C=C.C=O.C=O.C=O.[Cr]. The third-order valence-corrected chi connectivity index (χ3v) is 0. The fourth-order valence-corrected chi connectivity index (χ4v) is 0. The van der Waals surface area contributed by atoms with Crippen molar-refractivity contribution in [2.45, 2.75) is 0 Å². The molecule has 0 aromatic heterocycles. The number of hydrogen-bond donors (Lipinski definition) is 0. The Balaban J connectivity index is -0.0000000110. The van der Waals surface area contributed by atoms with Crippen LogP contribution in [0, 0.1) is 0 Å². The van der Waals surface area contributed by atoms with Crippen LogP contribution in [0.3, 0.4) is 0 Å². The van der Waals surface area contributed by atoms with E-state index in [0.29, 0.717) is 0 Å². The van der Waals surface area contributed by atoms with Crippen molar-refractivity contribution >= 4 is 20.4 Å². The molecule has 0 N–H and O–H groups in total. The molecule has 0 atom stereocenters. The minimum Gasteiger partial charge on any atom is -0.307 e. The molecule has 0 saturated heterocycles. The van der Waals surface area contributed by atoms with Gasteiger partial charge in [0.05, 0.1) is 0 Å². The largest absolute Gasteiger partial charge is 0.307 e. The van der Waals surface area contributed by atoms with Crippen LogP contribution in [0.1, 0.15) is 0 Å². The Morgan fingerprint density at radius 2 is 0.700 bits per heavy atom. The predicted molar refractivity (Wildman–Crippen MR) is 36.1 cm³/mol. The fraction of sp³-hybridized carbons (Fsp3) is 0. The van der Waals surface area contributed by atoms with Crippen molar-refractivity contribution < 1.29 is 31.7 Å². The van der Waals surface area contributed by atoms with Crippen LogP contribution in [0.4, 0.5) is 0 Å². The Kier molecular flexibility index (Phi) is 368000. The third kappa shape index (κ3) is 295. The maximum Gasteiger partial charge on any atom is 0.106 e. The summed E-state index contributed by atoms with van der Waals surface area (Å²) in [5, 5.41) is 0. The maximum absolute atomic E-state index is 8.00. The van der Waals surface area contributed by atoms with Gasteiger partial charge in [0, 0.05) is 17.4 Å². The van der Waals surface area contributed by atoms with Crippen LogP contribution >= 0.6 is 0 Å². The number of carbonyl (C=O) groups is 3. The van der Waals surface area contributed by atoms with E-state index in [1.54, 1.807) is 0 Å². The summed E-state index contributed by atoms with van der Waals surface area (Å²) >= 11 is 0. The van der Waals surface area contributed by atoms with Gasteiger partial charge < -0.3 is 14.4 Å². The Morgan fingerprint density at radius 1 is 0.700 bits per heavy atom. The molecule has 0 fully saturated rings. The van der Waals surface area contributed by atoms with Crippen LogP contribution in [0.5, 0.6) is 0 Å². The van der Waals surface area contributed by atoms with Crippen LogP contribution in [0.15, 0.2) is 18.9 Å². The van der Waals surface area contributed by atoms with E-state index in [2.05, 4.69) is 18.9 Å². The molecule has 0 rings (SSSR count). The topological polar surface area (TPSA) is 51.2 Å². The van der Waals surface area contributed by atoms with Crippen molar-refractivity contribution in [3.63, 3.8) is 0 Å². The van der Waals surface area contributed by atoms with Crippen LogP contribution < -0.4 is 0 Å². The molecule has 58 valence electrons. The van der Waals surface area contributed by atoms with Gasteiger partial charge >= 0.3 is 0 Å². The van der Waals surface area contributed by atoms with Gasteiger partial charge in [-0.1, -0.05) is 13.2 Å². The number of carbonyl (C=O) groups excluding carboxylic acids is 3. The molecule has 0 unspecified atom stereocenters. The molecule has 4 heteroatoms. The van der Waals surface area contributed by atoms with Gasteiger partial charge in [0.2, 0.25) is 0 Å². The van der Waals surface area contributed by atoms with Crippen molar-refractivity contribution in [2.24, 2.45) is 0 Å². The first-order chi connectivity index (χ1) is 4.41. The van der Waals surface area contributed by atoms with Crippen LogP contribution in [-0.2, 0) is 31.7 Å². The Hall–Kier alpha value is -0.938. The molecule has 0 saturated carbocycles. The first-order valence-corrected chi connectivity index (χ1v) is 1.57. The van der Waals surface area contributed by atoms with Crippen LogP contribution in [0.2, 0.25) is 0 Å². The molecular formula is C6H10CrO3. The molecular weight excluding hydrogens is 172 g/mol. The number of hydrogen-bond acceptors (Lipinski definition) is 3. The Labute approximate surface area is 71.6 Å². The average Bonchev–Trinajstić information content (AvgIpc) is 2.01. The molecule has 0 aliphatic heterocycles. The first kappa shape index (κ1) is 35.7. The fourth-order valence-electron chi connectivity index (χ4n) is 0. The minimum absolute atomic E-state index is 0. The molecule has 0 aliphatic carbocycles. The van der Waals surface area contributed by atoms with E-state index in [1.807, 2.05) is 20.4 Å². The summed E-state index contributed by atoms with van der Waals surface area (Å²) in [6.07, 6.45) is 0. The summed E-state index contributed by atoms with van der Waals surface area (Å²) in [6, 6.07) is 0. The second-order valence-electron chi connectivity index (χ2n) is 0.250. The Morgan fingerprint density at radius 3 is 0.700 bits per heavy atom. The summed E-state index contributed by atoms with van der Waals surface area (Å²) in [6.45, 7) is 12.2. The number of rotatable bonds is 0. The van der Waals surface area contributed by atoms with Gasteiger partial charge in [-0.3, -0.25) is 0 Å². The van der Waals surface area contributed by atoms with Gasteiger partial charge in [-0.25, -0.2) is 0 Å². The van der Waals surface area contributed by atoms with Gasteiger partial charge in [-0.05, 0) is 0 Å². The van der Waals surface area contributed by atoms with Gasteiger partial charge in [-0.2, -0.15) is 0 Å². The summed E-state index contributed by atoms with van der Waals surface area (Å²) in [5.74, 6) is 0. The van der Waals surface area contributed by atoms with Crippen molar-refractivity contribution in [2.75, 3.05) is 0 Å². The van der Waals surface area contributed by atoms with E-state index in [-0.39, 0.29) is 17.4 Å². The van der Waals surface area contributed by atoms with Crippen molar-refractivity contribution in [3.8, 4) is 0 Å². The molecule has 0 spiro atoms. The minimum atomic E-state index is 0. The molecule has 0 amide bonds. The predicted octanol–water partition coefficient (Wildman–Crippen LogP) is 0.400. The summed E-state index contributed by atoms with van der Waals surface area (Å²) in [5.41, 5.74) is 2.25. The van der Waals surface area contributed by atoms with E-state index < -0.39 is 0 Å². The summed E-state index contributed by atoms with van der Waals surface area (Å²) < 4.78 is 0. The molecule has 10 heavy (non-hydrogen) atoms. The standard InChI is InChI=1S/C3H4.3CH2O.Cr/c1-3-2;3*1-2;/h1-2H2;3*1H2;. The normalized spacial score (nSPS) is 2.00. The van der Waals surface area contributed by atoms with E-state index >= 15 is 0 Å². The Bertz CT molecular complexity index is 55.3. The van der Waals surface area contributed by atoms with E-state index in [0.717, 1.165) is 0 Å². The average molecular weight is 182 g/mol. The molecule has 0 heterocycles. The zero-order valence-electron chi connectivity index (χ0n) is 5.67. The van der Waals surface area contributed by atoms with E-state index in [4.69, 9.17) is 14.4 Å². The molecule has 0 bridgehead atoms. The van der Waals surface area contributed by atoms with Crippen molar-refractivity contribution in [1.29, 1.82) is 0 Å². The zero-order chi connectivity index (χ0) is 8.71. The quantitative estimate of drug-likeness (QED) is 0.509.